The molecule has 0 aromatic heterocycles. The number of hydrogen-bond donors (Lipinski definition) is 2. The van der Waals surface area contributed by atoms with Crippen molar-refractivity contribution in [1.82, 2.24) is 4.72 Å². The van der Waals surface area contributed by atoms with Crippen molar-refractivity contribution in [3.8, 4) is 5.75 Å². The molecule has 152 valence electrons. The van der Waals surface area contributed by atoms with Crippen LogP contribution in [-0.2, 0) is 14.8 Å². The standard InChI is InChI=1S/C22H24N2O4S/c1-15(2)24-29(26,27)19-13-11-18(12-14-19)23-22(25)16(3)28-21-10-6-8-17-7-4-5-9-20(17)21/h4-16,24H,1-3H3,(H,23,25)/t16-/m0/s1. The number of amides is 1. The van der Waals surface area contributed by atoms with E-state index in [1.54, 1.807) is 32.9 Å². The molecule has 1 amide bonds. The van der Waals surface area contributed by atoms with Gasteiger partial charge >= 0.3 is 0 Å². The summed E-state index contributed by atoms with van der Waals surface area (Å²) in [5, 5.41) is 4.71. The van der Waals surface area contributed by atoms with Crippen LogP contribution in [0.15, 0.2) is 71.6 Å². The summed E-state index contributed by atoms with van der Waals surface area (Å²) in [6.07, 6.45) is -0.730. The highest BCUT2D eigenvalue weighted by atomic mass is 32.2. The Hall–Kier alpha value is -2.90. The Kier molecular flexibility index (Phi) is 6.20. The normalized spacial score (nSPS) is 12.7. The quantitative estimate of drug-likeness (QED) is 0.616. The molecule has 0 spiro atoms. The van der Waals surface area contributed by atoms with Crippen LogP contribution in [0.1, 0.15) is 20.8 Å². The molecule has 1 atom stereocenters. The van der Waals surface area contributed by atoms with Crippen LogP contribution in [0.5, 0.6) is 5.75 Å². The second-order valence-electron chi connectivity index (χ2n) is 7.03. The Labute approximate surface area is 170 Å². The number of sulfonamides is 1. The summed E-state index contributed by atoms with van der Waals surface area (Å²) in [5.41, 5.74) is 0.492. The lowest BCUT2D eigenvalue weighted by atomic mass is 10.1. The molecule has 3 rings (SSSR count). The summed E-state index contributed by atoms with van der Waals surface area (Å²) in [6, 6.07) is 19.3. The van der Waals surface area contributed by atoms with Gasteiger partial charge in [0.1, 0.15) is 5.75 Å². The number of anilines is 1. The molecule has 0 saturated heterocycles. The van der Waals surface area contributed by atoms with Gasteiger partial charge in [-0.1, -0.05) is 36.4 Å². The maximum atomic E-state index is 12.5. The molecule has 2 N–H and O–H groups in total. The van der Waals surface area contributed by atoms with Crippen molar-refractivity contribution >= 4 is 32.4 Å². The maximum absolute atomic E-state index is 12.5. The minimum Gasteiger partial charge on any atom is -0.480 e. The second-order valence-corrected chi connectivity index (χ2v) is 8.74. The number of carbonyl (C=O) groups is 1. The molecule has 6 nitrogen and oxygen atoms in total. The molecule has 3 aromatic rings. The minimum atomic E-state index is -3.57. The minimum absolute atomic E-state index is 0.143. The molecule has 0 heterocycles. The van der Waals surface area contributed by atoms with E-state index in [1.807, 2.05) is 42.5 Å². The average molecular weight is 413 g/mol. The molecular formula is C22H24N2O4S. The average Bonchev–Trinajstić information content (AvgIpc) is 2.67. The fraction of sp³-hybridized carbons (Fsp3) is 0.227. The molecule has 0 aliphatic carbocycles. The van der Waals surface area contributed by atoms with Crippen molar-refractivity contribution in [1.29, 1.82) is 0 Å². The van der Waals surface area contributed by atoms with Crippen molar-refractivity contribution in [2.45, 2.75) is 37.8 Å². The van der Waals surface area contributed by atoms with E-state index < -0.39 is 16.1 Å². The smallest absolute Gasteiger partial charge is 0.265 e. The highest BCUT2D eigenvalue weighted by Crippen LogP contribution is 2.26. The van der Waals surface area contributed by atoms with Gasteiger partial charge in [0.2, 0.25) is 10.0 Å². The van der Waals surface area contributed by atoms with Gasteiger partial charge in [-0.15, -0.1) is 0 Å². The summed E-state index contributed by atoms with van der Waals surface area (Å²) < 4.78 is 32.7. The van der Waals surface area contributed by atoms with Gasteiger partial charge in [0.05, 0.1) is 4.90 Å². The van der Waals surface area contributed by atoms with Crippen molar-refractivity contribution < 1.29 is 17.9 Å². The van der Waals surface area contributed by atoms with E-state index in [0.717, 1.165) is 10.8 Å². The molecule has 0 aliphatic heterocycles. The van der Waals surface area contributed by atoms with E-state index in [0.29, 0.717) is 11.4 Å². The van der Waals surface area contributed by atoms with Crippen LogP contribution >= 0.6 is 0 Å². The third-order valence-electron chi connectivity index (χ3n) is 4.25. The van der Waals surface area contributed by atoms with Crippen LogP contribution in [0, 0.1) is 0 Å². The lowest BCUT2D eigenvalue weighted by Crippen LogP contribution is -2.31. The van der Waals surface area contributed by atoms with Crippen molar-refractivity contribution in [3.05, 3.63) is 66.7 Å². The Morgan fingerprint density at radius 3 is 2.24 bits per heavy atom. The zero-order chi connectivity index (χ0) is 21.0. The van der Waals surface area contributed by atoms with Gasteiger partial charge in [0.15, 0.2) is 6.10 Å². The predicted molar refractivity (Wildman–Crippen MR) is 115 cm³/mol. The molecule has 0 radical (unpaired) electrons. The molecule has 0 saturated carbocycles. The number of ether oxygens (including phenoxy) is 1. The first-order chi connectivity index (χ1) is 13.8. The van der Waals surface area contributed by atoms with E-state index >= 15 is 0 Å². The molecule has 0 unspecified atom stereocenters. The Morgan fingerprint density at radius 1 is 0.897 bits per heavy atom. The number of rotatable bonds is 7. The summed E-state index contributed by atoms with van der Waals surface area (Å²) in [6.45, 7) is 5.18. The SMILES string of the molecule is CC(C)NS(=O)(=O)c1ccc(NC(=O)[C@H](C)Oc2cccc3ccccc23)cc1. The summed E-state index contributed by atoms with van der Waals surface area (Å²) in [5.74, 6) is 0.306. The van der Waals surface area contributed by atoms with E-state index in [9.17, 15) is 13.2 Å². The monoisotopic (exact) mass is 412 g/mol. The third-order valence-corrected chi connectivity index (χ3v) is 5.92. The Balaban J connectivity index is 1.68. The maximum Gasteiger partial charge on any atom is 0.265 e. The summed E-state index contributed by atoms with van der Waals surface area (Å²) in [7, 11) is -3.57. The second kappa shape index (κ2) is 8.63. The summed E-state index contributed by atoms with van der Waals surface area (Å²) >= 11 is 0. The molecule has 3 aromatic carbocycles. The highest BCUT2D eigenvalue weighted by molar-refractivity contribution is 7.89. The molecule has 29 heavy (non-hydrogen) atoms. The van der Waals surface area contributed by atoms with Crippen molar-refractivity contribution in [3.63, 3.8) is 0 Å². The van der Waals surface area contributed by atoms with E-state index in [1.165, 1.54) is 12.1 Å². The number of benzene rings is 3. The molecular weight excluding hydrogens is 388 g/mol. The van der Waals surface area contributed by atoms with Crippen LogP contribution in [0.3, 0.4) is 0 Å². The first-order valence-electron chi connectivity index (χ1n) is 9.34. The van der Waals surface area contributed by atoms with E-state index in [4.69, 9.17) is 4.74 Å². The number of carbonyl (C=O) groups excluding carboxylic acids is 1. The van der Waals surface area contributed by atoms with Gasteiger partial charge in [-0.25, -0.2) is 13.1 Å². The van der Waals surface area contributed by atoms with Crippen molar-refractivity contribution in [2.24, 2.45) is 0 Å². The van der Waals surface area contributed by atoms with Crippen LogP contribution in [0.4, 0.5) is 5.69 Å². The first kappa shape index (κ1) is 20.8. The number of fused-ring (bicyclic) bond motifs is 1. The van der Waals surface area contributed by atoms with Gasteiger partial charge in [0.25, 0.3) is 5.91 Å². The predicted octanol–water partition coefficient (Wildman–Crippen LogP) is 3.93. The fourth-order valence-corrected chi connectivity index (χ4v) is 4.13. The lowest BCUT2D eigenvalue weighted by molar-refractivity contribution is -0.122. The largest absolute Gasteiger partial charge is 0.480 e. The fourth-order valence-electron chi connectivity index (χ4n) is 2.88. The van der Waals surface area contributed by atoms with Crippen molar-refractivity contribution in [2.75, 3.05) is 5.32 Å². The van der Waals surface area contributed by atoms with Crippen LogP contribution in [0.25, 0.3) is 10.8 Å². The molecule has 0 fully saturated rings. The topological polar surface area (TPSA) is 84.5 Å². The summed E-state index contributed by atoms with van der Waals surface area (Å²) in [4.78, 5) is 12.7. The van der Waals surface area contributed by atoms with E-state index in [2.05, 4.69) is 10.0 Å². The zero-order valence-electron chi connectivity index (χ0n) is 16.5. The van der Waals surface area contributed by atoms with Gasteiger partial charge in [0, 0.05) is 17.1 Å². The molecule has 0 bridgehead atoms. The third kappa shape index (κ3) is 5.13. The number of nitrogens with one attached hydrogen (secondary N) is 2. The van der Waals surface area contributed by atoms with Gasteiger partial charge in [-0.3, -0.25) is 4.79 Å². The van der Waals surface area contributed by atoms with Crippen LogP contribution in [0.2, 0.25) is 0 Å². The number of hydrogen-bond acceptors (Lipinski definition) is 4. The van der Waals surface area contributed by atoms with Crippen LogP contribution in [-0.4, -0.2) is 26.5 Å². The molecule has 0 aliphatic rings. The Morgan fingerprint density at radius 2 is 1.55 bits per heavy atom. The van der Waals surface area contributed by atoms with E-state index in [-0.39, 0.29) is 16.8 Å². The van der Waals surface area contributed by atoms with Gasteiger partial charge < -0.3 is 10.1 Å². The Bertz CT molecular complexity index is 1100. The first-order valence-corrected chi connectivity index (χ1v) is 10.8. The van der Waals surface area contributed by atoms with Crippen LogP contribution < -0.4 is 14.8 Å². The van der Waals surface area contributed by atoms with Gasteiger partial charge in [-0.05, 0) is 56.5 Å². The van der Waals surface area contributed by atoms with Gasteiger partial charge in [-0.2, -0.15) is 0 Å². The zero-order valence-corrected chi connectivity index (χ0v) is 17.4. The molecule has 7 heteroatoms. The lowest BCUT2D eigenvalue weighted by Gasteiger charge is -2.16. The highest BCUT2D eigenvalue weighted by Gasteiger charge is 2.18.